The second-order valence-corrected chi connectivity index (χ2v) is 10.2. The number of anilines is 3. The lowest BCUT2D eigenvalue weighted by atomic mass is 10.1. The number of aromatic amines is 1. The maximum Gasteiger partial charge on any atom is 0.260 e. The van der Waals surface area contributed by atoms with Gasteiger partial charge in [0.25, 0.3) is 5.56 Å². The van der Waals surface area contributed by atoms with Gasteiger partial charge in [0.2, 0.25) is 5.91 Å². The third-order valence-electron chi connectivity index (χ3n) is 6.68. The van der Waals surface area contributed by atoms with Gasteiger partial charge >= 0.3 is 0 Å². The summed E-state index contributed by atoms with van der Waals surface area (Å²) in [6, 6.07) is 7.30. The molecule has 0 spiro atoms. The Morgan fingerprint density at radius 3 is 2.48 bits per heavy atom. The lowest BCUT2D eigenvalue weighted by Crippen LogP contribution is -2.42. The number of benzene rings is 1. The van der Waals surface area contributed by atoms with E-state index in [9.17, 15) is 9.59 Å². The van der Waals surface area contributed by atoms with Gasteiger partial charge in [0, 0.05) is 56.2 Å². The summed E-state index contributed by atoms with van der Waals surface area (Å²) < 4.78 is 7.35. The van der Waals surface area contributed by atoms with E-state index < -0.39 is 0 Å². The maximum atomic E-state index is 13.1. The highest BCUT2D eigenvalue weighted by atomic mass is 16.5. The van der Waals surface area contributed by atoms with Crippen LogP contribution in [0.25, 0.3) is 23.5 Å². The Hall–Kier alpha value is -4.64. The molecule has 0 radical (unpaired) electrons. The molecule has 0 saturated heterocycles. The number of likely N-dealkylation sites (N-methyl/N-ethyl adjacent to an activating group) is 2. The smallest absolute Gasteiger partial charge is 0.260 e. The molecule has 11 heteroatoms. The topological polar surface area (TPSA) is 120 Å². The number of amidine groups is 1. The molecular weight excluding hydrogens is 556 g/mol. The summed E-state index contributed by atoms with van der Waals surface area (Å²) in [5.41, 5.74) is 3.08. The molecule has 3 N–H and O–H groups in total. The number of methoxy groups -OCH3 is 1. The number of aromatic nitrogens is 3. The van der Waals surface area contributed by atoms with Crippen LogP contribution in [0.4, 0.5) is 17.1 Å². The van der Waals surface area contributed by atoms with Gasteiger partial charge in [-0.25, -0.2) is 4.99 Å². The molecular formula is C33H48N8O3. The van der Waals surface area contributed by atoms with Crippen molar-refractivity contribution in [3.8, 4) is 17.0 Å². The highest BCUT2D eigenvalue weighted by molar-refractivity contribution is 6.03. The average molecular weight is 605 g/mol. The van der Waals surface area contributed by atoms with Gasteiger partial charge in [-0.05, 0) is 51.7 Å². The molecule has 0 bridgehead atoms. The van der Waals surface area contributed by atoms with E-state index in [1.54, 1.807) is 37.2 Å². The minimum atomic E-state index is -0.314. The Kier molecular flexibility index (Phi) is 14.1. The first-order valence-corrected chi connectivity index (χ1v) is 14.8. The molecule has 0 aliphatic heterocycles. The van der Waals surface area contributed by atoms with Crippen LogP contribution in [0.2, 0.25) is 0 Å². The Bertz CT molecular complexity index is 1610. The number of amides is 1. The molecule has 0 unspecified atom stereocenters. The maximum absolute atomic E-state index is 13.1. The number of nitrogens with one attached hydrogen (secondary N) is 3. The fourth-order valence-electron chi connectivity index (χ4n) is 4.31. The number of carbonyl (C=O) groups is 1. The van der Waals surface area contributed by atoms with E-state index in [0.717, 1.165) is 42.2 Å². The Balaban J connectivity index is 0.00000330. The van der Waals surface area contributed by atoms with Crippen molar-refractivity contribution < 1.29 is 9.53 Å². The van der Waals surface area contributed by atoms with Gasteiger partial charge in [-0.2, -0.15) is 5.10 Å². The second kappa shape index (κ2) is 17.5. The highest BCUT2D eigenvalue weighted by Gasteiger charge is 2.16. The third kappa shape index (κ3) is 9.43. The van der Waals surface area contributed by atoms with Crippen LogP contribution in [-0.4, -0.2) is 72.7 Å². The van der Waals surface area contributed by atoms with Crippen molar-refractivity contribution in [1.82, 2.24) is 19.7 Å². The number of hydrogen-bond acceptors (Lipinski definition) is 7. The summed E-state index contributed by atoms with van der Waals surface area (Å²) in [6.07, 6.45) is 8.41. The van der Waals surface area contributed by atoms with E-state index in [1.165, 1.54) is 6.08 Å². The van der Waals surface area contributed by atoms with Crippen LogP contribution in [0.3, 0.4) is 0 Å². The first-order valence-electron chi connectivity index (χ1n) is 14.8. The van der Waals surface area contributed by atoms with Crippen LogP contribution < -0.4 is 36.4 Å². The zero-order valence-corrected chi connectivity index (χ0v) is 27.6. The molecule has 1 aromatic carbocycles. The van der Waals surface area contributed by atoms with Crippen LogP contribution in [0.5, 0.6) is 5.75 Å². The van der Waals surface area contributed by atoms with Crippen LogP contribution in [0.15, 0.2) is 52.9 Å². The summed E-state index contributed by atoms with van der Waals surface area (Å²) in [5.74, 6) is 0.862. The van der Waals surface area contributed by atoms with Crippen molar-refractivity contribution in [2.75, 3.05) is 56.9 Å². The minimum Gasteiger partial charge on any atom is -0.494 e. The van der Waals surface area contributed by atoms with Crippen LogP contribution >= 0.6 is 0 Å². The number of aliphatic imine (C=N–C) groups is 1. The number of carbonyl (C=O) groups excluding carboxylic acids is 1. The molecule has 2 heterocycles. The van der Waals surface area contributed by atoms with Gasteiger partial charge in [0.15, 0.2) is 0 Å². The quantitative estimate of drug-likeness (QED) is 0.164. The number of pyridine rings is 1. The monoisotopic (exact) mass is 604 g/mol. The first-order chi connectivity index (χ1) is 21.1. The summed E-state index contributed by atoms with van der Waals surface area (Å²) >= 11 is 0. The largest absolute Gasteiger partial charge is 0.494 e. The zero-order valence-electron chi connectivity index (χ0n) is 27.6. The molecule has 0 aliphatic carbocycles. The standard InChI is InChI=1S/C31H42N8O3.C2H6/c1-9-11-12-27-22(17-23(31(41)39(27)7)24-13-14-33-36-24)20-32-21(3)34-26-18-25(35-30(40)10-2)28(19-29(26)42-8)38(6)16-15-37(4)5;1-2/h10,12-14,17-20H,2,9,11,15-16H2,1,3-8H3,(H,32,34)(H,33,36)(H,35,40);1-2H3/b22-20-,27-12-;. The van der Waals surface area contributed by atoms with E-state index >= 15 is 0 Å². The molecule has 3 aromatic rings. The van der Waals surface area contributed by atoms with E-state index in [1.807, 2.05) is 66.2 Å². The second-order valence-electron chi connectivity index (χ2n) is 10.2. The molecule has 3 rings (SSSR count). The van der Waals surface area contributed by atoms with Crippen LogP contribution in [0, 0.1) is 0 Å². The molecule has 11 nitrogen and oxygen atoms in total. The Labute approximate surface area is 260 Å². The molecule has 44 heavy (non-hydrogen) atoms. The summed E-state index contributed by atoms with van der Waals surface area (Å²) in [4.78, 5) is 34.2. The highest BCUT2D eigenvalue weighted by Crippen LogP contribution is 2.37. The van der Waals surface area contributed by atoms with Crippen molar-refractivity contribution in [2.45, 2.75) is 40.5 Å². The van der Waals surface area contributed by atoms with Crippen molar-refractivity contribution in [1.29, 1.82) is 0 Å². The Morgan fingerprint density at radius 1 is 1.16 bits per heavy atom. The normalized spacial score (nSPS) is 12.1. The SMILES string of the molecule is C=CC(=O)Nc1cc(NC(C)=N/C=c2/cc(-c3ccn[nH]3)c(=O)n(C)/c2=C\CCC)c(OC)cc1N(C)CCN(C)C.CC. The zero-order chi connectivity index (χ0) is 32.8. The molecule has 1 amide bonds. The number of ether oxygens (including phenoxy) is 1. The molecule has 2 aromatic heterocycles. The van der Waals surface area contributed by atoms with E-state index in [-0.39, 0.29) is 11.5 Å². The summed E-state index contributed by atoms with van der Waals surface area (Å²) in [6.45, 7) is 13.1. The fraction of sp³-hybridized carbons (Fsp3) is 0.394. The molecule has 0 saturated carbocycles. The van der Waals surface area contributed by atoms with Crippen molar-refractivity contribution in [2.24, 2.45) is 12.0 Å². The number of rotatable bonds is 12. The van der Waals surface area contributed by atoms with E-state index in [2.05, 4.69) is 49.1 Å². The molecule has 0 atom stereocenters. The van der Waals surface area contributed by atoms with Gasteiger partial charge in [-0.15, -0.1) is 0 Å². The minimum absolute atomic E-state index is 0.118. The molecule has 238 valence electrons. The van der Waals surface area contributed by atoms with Crippen molar-refractivity contribution >= 4 is 41.1 Å². The van der Waals surface area contributed by atoms with E-state index in [0.29, 0.717) is 34.2 Å². The van der Waals surface area contributed by atoms with Gasteiger partial charge < -0.3 is 29.7 Å². The summed E-state index contributed by atoms with van der Waals surface area (Å²) in [7, 11) is 9.35. The lowest BCUT2D eigenvalue weighted by molar-refractivity contribution is -0.111. The number of unbranched alkanes of at least 4 members (excludes halogenated alkanes) is 1. The average Bonchev–Trinajstić information content (AvgIpc) is 3.56. The predicted octanol–water partition coefficient (Wildman–Crippen LogP) is 3.78. The molecule has 0 aliphatic rings. The number of H-pyrrole nitrogens is 1. The van der Waals surface area contributed by atoms with E-state index in [4.69, 9.17) is 4.74 Å². The van der Waals surface area contributed by atoms with Crippen LogP contribution in [-0.2, 0) is 11.8 Å². The van der Waals surface area contributed by atoms with Gasteiger partial charge in [-0.3, -0.25) is 14.7 Å². The fourth-order valence-corrected chi connectivity index (χ4v) is 4.31. The van der Waals surface area contributed by atoms with Gasteiger partial charge in [0.1, 0.15) is 11.6 Å². The van der Waals surface area contributed by atoms with Gasteiger partial charge in [0.05, 0.1) is 35.4 Å². The van der Waals surface area contributed by atoms with Crippen molar-refractivity contribution in [3.63, 3.8) is 0 Å². The summed E-state index contributed by atoms with van der Waals surface area (Å²) in [5, 5.41) is 14.7. The Morgan fingerprint density at radius 2 is 1.89 bits per heavy atom. The molecule has 0 fully saturated rings. The predicted molar refractivity (Wildman–Crippen MR) is 184 cm³/mol. The van der Waals surface area contributed by atoms with Crippen molar-refractivity contribution in [3.05, 3.63) is 64.0 Å². The lowest BCUT2D eigenvalue weighted by Gasteiger charge is -2.26. The third-order valence-corrected chi connectivity index (χ3v) is 6.68. The van der Waals surface area contributed by atoms with Crippen LogP contribution in [0.1, 0.15) is 40.5 Å². The van der Waals surface area contributed by atoms with Gasteiger partial charge in [-0.1, -0.05) is 39.8 Å². The number of hydrogen-bond donors (Lipinski definition) is 3. The number of nitrogens with zero attached hydrogens (tertiary/aromatic N) is 5. The first kappa shape index (κ1) is 35.6.